The molecule has 0 bridgehead atoms. The highest BCUT2D eigenvalue weighted by Gasteiger charge is 2.41. The quantitative estimate of drug-likeness (QED) is 0.162. The second-order valence-corrected chi connectivity index (χ2v) is 11.1. The van der Waals surface area contributed by atoms with Gasteiger partial charge in [0.2, 0.25) is 0 Å². The van der Waals surface area contributed by atoms with Gasteiger partial charge < -0.3 is 10.3 Å². The van der Waals surface area contributed by atoms with Crippen LogP contribution in [0.3, 0.4) is 0 Å². The third-order valence-electron chi connectivity index (χ3n) is 4.71. The molecule has 9 heteroatoms. The molecule has 0 radical (unpaired) electrons. The van der Waals surface area contributed by atoms with Gasteiger partial charge >= 0.3 is 4.38 Å². The number of nitrogens with zero attached hydrogens (tertiary/aromatic N) is 2. The Balaban J connectivity index is 2.16. The van der Waals surface area contributed by atoms with Gasteiger partial charge in [-0.25, -0.2) is 16.8 Å². The highest BCUT2D eigenvalue weighted by molar-refractivity contribution is 8.31. The summed E-state index contributed by atoms with van der Waals surface area (Å²) in [7, 11) is -7.45. The van der Waals surface area contributed by atoms with Gasteiger partial charge in [0, 0.05) is 0 Å². The molecular weight excluding hydrogens is 412 g/mol. The van der Waals surface area contributed by atoms with Crippen molar-refractivity contribution in [2.45, 2.75) is 32.1 Å². The predicted molar refractivity (Wildman–Crippen MR) is 113 cm³/mol. The fourth-order valence-electron chi connectivity index (χ4n) is 3.23. The average Bonchev–Trinajstić information content (AvgIpc) is 2.68. The van der Waals surface area contributed by atoms with Crippen LogP contribution in [0.2, 0.25) is 0 Å². The molecule has 1 saturated carbocycles. The maximum absolute atomic E-state index is 12.6. The summed E-state index contributed by atoms with van der Waals surface area (Å²) >= 11 is 0. The number of sulfone groups is 2. The zero-order chi connectivity index (χ0) is 21.3. The monoisotopic (exact) mass is 438 g/mol. The number of rotatable bonds is 7. The SMILES string of the molecule is COC(=Cc1ccccc1)CS(=O)(=O)C(=[N+]=[N-])S(=O)(=O)CC=CC1CCCCC1. The minimum atomic E-state index is -4.43. The average molecular weight is 439 g/mol. The molecule has 1 aromatic rings. The Hall–Kier alpha value is -2.22. The summed E-state index contributed by atoms with van der Waals surface area (Å²) in [6.07, 6.45) is 10.1. The molecule has 0 saturated heterocycles. The van der Waals surface area contributed by atoms with Crippen molar-refractivity contribution in [3.63, 3.8) is 0 Å². The first kappa shape index (κ1) is 23.1. The lowest BCUT2D eigenvalue weighted by molar-refractivity contribution is 0.00382. The molecule has 1 aliphatic rings. The minimum absolute atomic E-state index is 0.0327. The Labute approximate surface area is 172 Å². The van der Waals surface area contributed by atoms with Crippen molar-refractivity contribution in [2.24, 2.45) is 5.92 Å². The normalized spacial score (nSPS) is 16.5. The van der Waals surface area contributed by atoms with Gasteiger partial charge in [-0.1, -0.05) is 61.7 Å². The largest absolute Gasteiger partial charge is 0.500 e. The van der Waals surface area contributed by atoms with E-state index in [4.69, 9.17) is 10.3 Å². The van der Waals surface area contributed by atoms with Crippen molar-refractivity contribution in [3.8, 4) is 0 Å². The third-order valence-corrected chi connectivity index (χ3v) is 8.76. The topological polar surface area (TPSA) is 114 Å². The molecule has 0 amide bonds. The maximum Gasteiger partial charge on any atom is 0.495 e. The van der Waals surface area contributed by atoms with E-state index >= 15 is 0 Å². The van der Waals surface area contributed by atoms with Crippen molar-refractivity contribution < 1.29 is 26.4 Å². The van der Waals surface area contributed by atoms with Gasteiger partial charge in [-0.3, -0.25) is 0 Å². The van der Waals surface area contributed by atoms with E-state index < -0.39 is 35.6 Å². The number of hydrogen-bond acceptors (Lipinski definition) is 5. The van der Waals surface area contributed by atoms with E-state index in [-0.39, 0.29) is 5.76 Å². The molecule has 0 unspecified atom stereocenters. The van der Waals surface area contributed by atoms with Crippen molar-refractivity contribution in [2.75, 3.05) is 18.6 Å². The Morgan fingerprint density at radius 3 is 2.34 bits per heavy atom. The molecule has 2 rings (SSSR count). The van der Waals surface area contributed by atoms with Crippen LogP contribution in [0.15, 0.2) is 48.2 Å². The highest BCUT2D eigenvalue weighted by Crippen LogP contribution is 2.24. The van der Waals surface area contributed by atoms with Gasteiger partial charge in [0.15, 0.2) is 0 Å². The molecular formula is C20H26N2O5S2. The van der Waals surface area contributed by atoms with Crippen LogP contribution in [-0.2, 0) is 24.4 Å². The standard InChI is InChI=1S/C20H26N2O5S2/c1-27-19(15-18-11-6-3-7-12-18)16-29(25,26)20(22-21)28(23,24)14-8-13-17-9-4-2-5-10-17/h3,6-8,11-13,15,17H,2,4-5,9-10,14,16H2,1H3. The van der Waals surface area contributed by atoms with E-state index in [1.165, 1.54) is 25.7 Å². The summed E-state index contributed by atoms with van der Waals surface area (Å²) in [5.74, 6) is -0.930. The van der Waals surface area contributed by atoms with Crippen LogP contribution in [0.5, 0.6) is 0 Å². The van der Waals surface area contributed by atoms with E-state index in [0.717, 1.165) is 25.7 Å². The molecule has 0 spiro atoms. The maximum atomic E-state index is 12.6. The fourth-order valence-corrected chi connectivity index (χ4v) is 6.62. The first-order valence-electron chi connectivity index (χ1n) is 9.42. The van der Waals surface area contributed by atoms with Crippen LogP contribution in [-0.4, -0.2) is 44.6 Å². The van der Waals surface area contributed by atoms with Crippen LogP contribution >= 0.6 is 0 Å². The lowest BCUT2D eigenvalue weighted by Crippen LogP contribution is -2.30. The van der Waals surface area contributed by atoms with Crippen molar-refractivity contribution >= 4 is 30.1 Å². The van der Waals surface area contributed by atoms with Crippen LogP contribution in [0.25, 0.3) is 11.6 Å². The van der Waals surface area contributed by atoms with Crippen molar-refractivity contribution in [1.82, 2.24) is 0 Å². The summed E-state index contributed by atoms with van der Waals surface area (Å²) < 4.78 is 54.1. The molecule has 29 heavy (non-hydrogen) atoms. The molecule has 158 valence electrons. The van der Waals surface area contributed by atoms with E-state index in [2.05, 4.69) is 4.79 Å². The summed E-state index contributed by atoms with van der Waals surface area (Å²) in [5.41, 5.74) is 9.86. The predicted octanol–water partition coefficient (Wildman–Crippen LogP) is 3.23. The Morgan fingerprint density at radius 1 is 1.10 bits per heavy atom. The van der Waals surface area contributed by atoms with Gasteiger partial charge in [0.25, 0.3) is 19.7 Å². The minimum Gasteiger partial charge on any atom is -0.500 e. The van der Waals surface area contributed by atoms with Crippen molar-refractivity contribution in [1.29, 1.82) is 0 Å². The smallest absolute Gasteiger partial charge is 0.495 e. The Kier molecular flexibility index (Phi) is 8.37. The van der Waals surface area contributed by atoms with Gasteiger partial charge in [-0.2, -0.15) is 0 Å². The Bertz CT molecular complexity index is 1000. The van der Waals surface area contributed by atoms with Crippen molar-refractivity contribution in [3.05, 3.63) is 59.3 Å². The number of benzene rings is 1. The molecule has 0 aliphatic heterocycles. The van der Waals surface area contributed by atoms with Crippen LogP contribution < -0.4 is 0 Å². The van der Waals surface area contributed by atoms with Gasteiger partial charge in [-0.05, 0) is 30.4 Å². The molecule has 7 nitrogen and oxygen atoms in total. The summed E-state index contributed by atoms with van der Waals surface area (Å²) in [6, 6.07) is 8.86. The zero-order valence-corrected chi connectivity index (χ0v) is 18.0. The van der Waals surface area contributed by atoms with Crippen LogP contribution in [0, 0.1) is 5.92 Å². The third kappa shape index (κ3) is 6.96. The molecule has 1 aromatic carbocycles. The number of ether oxygens (including phenoxy) is 1. The second-order valence-electron chi connectivity index (χ2n) is 6.96. The zero-order valence-electron chi connectivity index (χ0n) is 16.4. The summed E-state index contributed by atoms with van der Waals surface area (Å²) in [6.45, 7) is 0. The summed E-state index contributed by atoms with van der Waals surface area (Å²) in [5, 5.41) is 0. The number of methoxy groups -OCH3 is 1. The van der Waals surface area contributed by atoms with Gasteiger partial charge in [0.1, 0.15) is 11.5 Å². The first-order chi connectivity index (χ1) is 13.8. The Morgan fingerprint density at radius 2 is 1.76 bits per heavy atom. The molecule has 0 aromatic heterocycles. The fraction of sp³-hybridized carbons (Fsp3) is 0.450. The molecule has 0 heterocycles. The number of allylic oxidation sites excluding steroid dienone is 1. The molecule has 0 N–H and O–H groups in total. The van der Waals surface area contributed by atoms with Crippen LogP contribution in [0.1, 0.15) is 37.7 Å². The van der Waals surface area contributed by atoms with Gasteiger partial charge in [-0.15, -0.1) is 4.79 Å². The lowest BCUT2D eigenvalue weighted by Gasteiger charge is -2.17. The molecule has 0 atom stereocenters. The second kappa shape index (κ2) is 10.5. The van der Waals surface area contributed by atoms with E-state index in [1.54, 1.807) is 24.3 Å². The van der Waals surface area contributed by atoms with E-state index in [1.807, 2.05) is 12.1 Å². The van der Waals surface area contributed by atoms with E-state index in [0.29, 0.717) is 11.5 Å². The number of hydrogen-bond donors (Lipinski definition) is 0. The summed E-state index contributed by atoms with van der Waals surface area (Å²) in [4.78, 5) is 2.62. The molecule has 1 fully saturated rings. The van der Waals surface area contributed by atoms with Crippen LogP contribution in [0.4, 0.5) is 0 Å². The van der Waals surface area contributed by atoms with E-state index in [9.17, 15) is 16.8 Å². The molecule has 1 aliphatic carbocycles. The lowest BCUT2D eigenvalue weighted by atomic mass is 9.89. The van der Waals surface area contributed by atoms with Gasteiger partial charge in [0.05, 0.1) is 12.9 Å². The first-order valence-corrected chi connectivity index (χ1v) is 12.7. The highest BCUT2D eigenvalue weighted by atomic mass is 32.3.